The summed E-state index contributed by atoms with van der Waals surface area (Å²) in [5, 5.41) is 11.7. The minimum absolute atomic E-state index is 0.540. The summed E-state index contributed by atoms with van der Waals surface area (Å²) in [5.74, 6) is 0. The first-order valence-corrected chi connectivity index (χ1v) is 5.56. The number of aromatic amines is 1. The van der Waals surface area contributed by atoms with E-state index in [1.165, 1.54) is 0 Å². The minimum atomic E-state index is 0.540. The van der Waals surface area contributed by atoms with Gasteiger partial charge in [0.2, 0.25) is 0 Å². The first-order chi connectivity index (χ1) is 8.22. The Kier molecular flexibility index (Phi) is 2.07. The number of fused-ring (bicyclic) bond motifs is 3. The number of aryl methyl sites for hydroxylation is 1. The zero-order valence-corrected chi connectivity index (χ0v) is 9.84. The van der Waals surface area contributed by atoms with Crippen molar-refractivity contribution in [1.82, 2.24) is 9.97 Å². The second-order valence-electron chi connectivity index (χ2n) is 3.91. The quantitative estimate of drug-likeness (QED) is 0.654. The number of nitrogens with one attached hydrogen (secondary N) is 1. The first-order valence-electron chi connectivity index (χ1n) is 5.18. The first kappa shape index (κ1) is 10.1. The number of benzene rings is 1. The van der Waals surface area contributed by atoms with Gasteiger partial charge in [0.25, 0.3) is 0 Å². The molecule has 0 radical (unpaired) electrons. The number of nitrogens with zero attached hydrogens (tertiary/aromatic N) is 2. The van der Waals surface area contributed by atoms with Gasteiger partial charge in [-0.1, -0.05) is 23.7 Å². The normalized spacial score (nSPS) is 10.9. The highest BCUT2D eigenvalue weighted by Crippen LogP contribution is 2.32. The van der Waals surface area contributed by atoms with E-state index in [0.29, 0.717) is 10.6 Å². The van der Waals surface area contributed by atoms with E-state index in [1.807, 2.05) is 25.1 Å². The van der Waals surface area contributed by atoms with Gasteiger partial charge in [-0.05, 0) is 13.0 Å². The Balaban J connectivity index is 2.65. The molecule has 0 atom stereocenters. The van der Waals surface area contributed by atoms with E-state index in [9.17, 15) is 0 Å². The van der Waals surface area contributed by atoms with Gasteiger partial charge in [0.15, 0.2) is 0 Å². The maximum Gasteiger partial charge on any atom is 0.103 e. The average Bonchev–Trinajstić information content (AvgIpc) is 2.71. The molecular weight excluding hydrogens is 234 g/mol. The second-order valence-corrected chi connectivity index (χ2v) is 4.31. The molecule has 1 N–H and O–H groups in total. The highest BCUT2D eigenvalue weighted by atomic mass is 35.5. The van der Waals surface area contributed by atoms with Crippen molar-refractivity contribution < 1.29 is 0 Å². The van der Waals surface area contributed by atoms with Gasteiger partial charge in [-0.15, -0.1) is 0 Å². The van der Waals surface area contributed by atoms with Crippen LogP contribution in [0.3, 0.4) is 0 Å². The van der Waals surface area contributed by atoms with Gasteiger partial charge in [0, 0.05) is 22.7 Å². The van der Waals surface area contributed by atoms with Crippen LogP contribution in [-0.4, -0.2) is 9.97 Å². The summed E-state index contributed by atoms with van der Waals surface area (Å²) in [7, 11) is 0. The number of hydrogen-bond acceptors (Lipinski definition) is 2. The van der Waals surface area contributed by atoms with Crippen LogP contribution >= 0.6 is 11.6 Å². The lowest BCUT2D eigenvalue weighted by molar-refractivity contribution is 1.22. The minimum Gasteiger partial charge on any atom is -0.352 e. The SMILES string of the molecule is Cc1ncc(C#N)c2[nH]c3c(Cl)cccc3c12. The van der Waals surface area contributed by atoms with E-state index < -0.39 is 0 Å². The average molecular weight is 242 g/mol. The van der Waals surface area contributed by atoms with Crippen LogP contribution in [0.25, 0.3) is 21.8 Å². The molecule has 1 aromatic carbocycles. The number of para-hydroxylation sites is 1. The summed E-state index contributed by atoms with van der Waals surface area (Å²) in [4.78, 5) is 7.46. The number of H-pyrrole nitrogens is 1. The van der Waals surface area contributed by atoms with Crippen LogP contribution in [-0.2, 0) is 0 Å². The van der Waals surface area contributed by atoms with Gasteiger partial charge in [0.05, 0.1) is 21.6 Å². The molecule has 0 aliphatic heterocycles. The summed E-state index contributed by atoms with van der Waals surface area (Å²) in [6.45, 7) is 1.93. The van der Waals surface area contributed by atoms with Gasteiger partial charge < -0.3 is 4.98 Å². The van der Waals surface area contributed by atoms with Crippen molar-refractivity contribution in [3.8, 4) is 6.07 Å². The second kappa shape index (κ2) is 3.47. The van der Waals surface area contributed by atoms with E-state index in [-0.39, 0.29) is 0 Å². The van der Waals surface area contributed by atoms with Crippen molar-refractivity contribution in [3.63, 3.8) is 0 Å². The monoisotopic (exact) mass is 241 g/mol. The predicted molar refractivity (Wildman–Crippen MR) is 68.1 cm³/mol. The lowest BCUT2D eigenvalue weighted by Gasteiger charge is -1.97. The van der Waals surface area contributed by atoms with Crippen molar-refractivity contribution in [2.24, 2.45) is 0 Å². The Bertz CT molecular complexity index is 781. The number of rotatable bonds is 0. The lowest BCUT2D eigenvalue weighted by atomic mass is 10.1. The van der Waals surface area contributed by atoms with Crippen molar-refractivity contribution in [2.45, 2.75) is 6.92 Å². The molecule has 0 aliphatic carbocycles. The van der Waals surface area contributed by atoms with Crippen molar-refractivity contribution in [3.05, 3.63) is 40.7 Å². The van der Waals surface area contributed by atoms with Crippen molar-refractivity contribution in [1.29, 1.82) is 5.26 Å². The fourth-order valence-corrected chi connectivity index (χ4v) is 2.36. The standard InChI is InChI=1S/C13H8ClN3/c1-7-11-9-3-2-4-10(14)13(9)17-12(11)8(5-15)6-16-7/h2-4,6,17H,1H3. The van der Waals surface area contributed by atoms with Gasteiger partial charge in [-0.3, -0.25) is 4.98 Å². The maximum atomic E-state index is 9.08. The van der Waals surface area contributed by atoms with E-state index >= 15 is 0 Å². The Hall–Kier alpha value is -2.05. The van der Waals surface area contributed by atoms with Crippen molar-refractivity contribution >= 4 is 33.4 Å². The summed E-state index contributed by atoms with van der Waals surface area (Å²) < 4.78 is 0. The number of pyridine rings is 1. The highest BCUT2D eigenvalue weighted by Gasteiger charge is 2.12. The zero-order chi connectivity index (χ0) is 12.0. The number of nitriles is 1. The van der Waals surface area contributed by atoms with Crippen LogP contribution in [0, 0.1) is 18.3 Å². The highest BCUT2D eigenvalue weighted by molar-refractivity contribution is 6.36. The molecule has 3 rings (SSSR count). The molecule has 0 fully saturated rings. The van der Waals surface area contributed by atoms with Crippen LogP contribution in [0.5, 0.6) is 0 Å². The molecule has 0 aliphatic rings. The molecule has 17 heavy (non-hydrogen) atoms. The topological polar surface area (TPSA) is 52.5 Å². The van der Waals surface area contributed by atoms with Gasteiger partial charge in [-0.25, -0.2) is 0 Å². The number of halogens is 1. The third kappa shape index (κ3) is 1.31. The molecule has 0 amide bonds. The summed E-state index contributed by atoms with van der Waals surface area (Å²) >= 11 is 6.14. The molecule has 2 heterocycles. The maximum absolute atomic E-state index is 9.08. The van der Waals surface area contributed by atoms with Crippen LogP contribution in [0.4, 0.5) is 0 Å². The van der Waals surface area contributed by atoms with Crippen molar-refractivity contribution in [2.75, 3.05) is 0 Å². The molecule has 0 saturated carbocycles. The largest absolute Gasteiger partial charge is 0.352 e. The van der Waals surface area contributed by atoms with E-state index in [1.54, 1.807) is 6.20 Å². The number of hydrogen-bond donors (Lipinski definition) is 1. The smallest absolute Gasteiger partial charge is 0.103 e. The lowest BCUT2D eigenvalue weighted by Crippen LogP contribution is -1.85. The predicted octanol–water partition coefficient (Wildman–Crippen LogP) is 3.55. The Morgan fingerprint density at radius 3 is 2.94 bits per heavy atom. The summed E-state index contributed by atoms with van der Waals surface area (Å²) in [5.41, 5.74) is 3.10. The molecule has 3 nitrogen and oxygen atoms in total. The van der Waals surface area contributed by atoms with Crippen LogP contribution < -0.4 is 0 Å². The molecule has 0 bridgehead atoms. The summed E-state index contributed by atoms with van der Waals surface area (Å²) in [6, 6.07) is 7.85. The fraction of sp³-hybridized carbons (Fsp3) is 0.0769. The molecular formula is C13H8ClN3. The molecule has 3 aromatic rings. The molecule has 2 aromatic heterocycles. The molecule has 0 unspecified atom stereocenters. The van der Waals surface area contributed by atoms with Crippen LogP contribution in [0.15, 0.2) is 24.4 Å². The third-order valence-corrected chi connectivity index (χ3v) is 3.24. The van der Waals surface area contributed by atoms with Gasteiger partial charge >= 0.3 is 0 Å². The summed E-state index contributed by atoms with van der Waals surface area (Å²) in [6.07, 6.45) is 1.58. The van der Waals surface area contributed by atoms with Crippen LogP contribution in [0.1, 0.15) is 11.3 Å². The van der Waals surface area contributed by atoms with Gasteiger partial charge in [-0.2, -0.15) is 5.26 Å². The molecule has 0 saturated heterocycles. The third-order valence-electron chi connectivity index (χ3n) is 2.92. The number of aromatic nitrogens is 2. The fourth-order valence-electron chi connectivity index (χ4n) is 2.13. The zero-order valence-electron chi connectivity index (χ0n) is 9.08. The Labute approximate surface area is 103 Å². The van der Waals surface area contributed by atoms with Crippen LogP contribution in [0.2, 0.25) is 5.02 Å². The van der Waals surface area contributed by atoms with E-state index in [0.717, 1.165) is 27.5 Å². The van der Waals surface area contributed by atoms with E-state index in [2.05, 4.69) is 16.0 Å². The molecule has 0 spiro atoms. The molecule has 4 heteroatoms. The Morgan fingerprint density at radius 1 is 1.35 bits per heavy atom. The Morgan fingerprint density at radius 2 is 2.18 bits per heavy atom. The molecule has 82 valence electrons. The van der Waals surface area contributed by atoms with E-state index in [4.69, 9.17) is 16.9 Å². The van der Waals surface area contributed by atoms with Gasteiger partial charge in [0.1, 0.15) is 6.07 Å².